The molecule has 2 aliphatic heterocycles. The lowest BCUT2D eigenvalue weighted by atomic mass is 10.0. The van der Waals surface area contributed by atoms with E-state index in [1.165, 1.54) is 0 Å². The second-order valence-corrected chi connectivity index (χ2v) is 11.8. The first kappa shape index (κ1) is 28.9. The summed E-state index contributed by atoms with van der Waals surface area (Å²) in [7, 11) is -4.12. The van der Waals surface area contributed by atoms with Crippen molar-refractivity contribution in [1.29, 1.82) is 0 Å². The molecule has 2 aliphatic rings. The molecule has 4 rings (SSSR count). The van der Waals surface area contributed by atoms with Crippen LogP contribution < -0.4 is 5.32 Å². The first-order valence-electron chi connectivity index (χ1n) is 12.7. The highest BCUT2D eigenvalue weighted by atomic mass is 32.2. The number of carbonyl (C=O) groups excluding carboxylic acids is 1. The third-order valence-electron chi connectivity index (χ3n) is 6.91. The average molecular weight is 564 g/mol. The van der Waals surface area contributed by atoms with Gasteiger partial charge in [-0.15, -0.1) is 0 Å². The van der Waals surface area contributed by atoms with Crippen molar-refractivity contribution in [1.82, 2.24) is 9.62 Å². The lowest BCUT2D eigenvalue weighted by molar-refractivity contribution is -0.384. The molecule has 2 saturated heterocycles. The Hall–Kier alpha value is -3.10. The van der Waals surface area contributed by atoms with Crippen molar-refractivity contribution >= 4 is 21.8 Å². The number of rotatable bonds is 11. The van der Waals surface area contributed by atoms with E-state index in [1.54, 1.807) is 13.8 Å². The Morgan fingerprint density at radius 1 is 1.18 bits per heavy atom. The number of benzene rings is 2. The van der Waals surface area contributed by atoms with Crippen LogP contribution in [0.25, 0.3) is 0 Å². The molecular weight excluding hydrogens is 530 g/mol. The molecule has 2 aromatic carbocycles. The number of nitro benzene ring substituents is 1. The molecule has 0 spiro atoms. The predicted molar refractivity (Wildman–Crippen MR) is 139 cm³/mol. The number of aliphatic hydroxyl groups excluding tert-OH is 1. The Kier molecular flexibility index (Phi) is 9.18. The van der Waals surface area contributed by atoms with Crippen LogP contribution in [-0.4, -0.2) is 79.2 Å². The smallest absolute Gasteiger partial charge is 0.407 e. The lowest BCUT2D eigenvalue weighted by Gasteiger charge is -2.32. The molecule has 2 fully saturated rings. The molecule has 0 bridgehead atoms. The number of alkyl carbamates (subject to hydrolysis) is 1. The van der Waals surface area contributed by atoms with Crippen LogP contribution >= 0.6 is 0 Å². The quantitative estimate of drug-likeness (QED) is 0.309. The molecule has 1 amide bonds. The standard InChI is InChI=1S/C26H33N3O9S/c1-17(2)28(39(34,35)20-10-8-19(9-11-20)29(32)33)15-23(30)22(14-18-6-4-3-5-7-18)27-26(31)38-24-16-37-25-21(24)12-13-36-25/h3-11,17,21-25,30H,12-16H2,1-2H3,(H,27,31)/t21-,22-,23+,24-,25+/m0/s1. The van der Waals surface area contributed by atoms with Gasteiger partial charge < -0.3 is 24.6 Å². The van der Waals surface area contributed by atoms with Crippen molar-refractivity contribution in [3.05, 3.63) is 70.3 Å². The first-order chi connectivity index (χ1) is 18.6. The van der Waals surface area contributed by atoms with Crippen LogP contribution in [0.2, 0.25) is 0 Å². The summed E-state index contributed by atoms with van der Waals surface area (Å²) in [6, 6.07) is 12.3. The zero-order chi connectivity index (χ0) is 28.2. The van der Waals surface area contributed by atoms with Crippen LogP contribution in [0, 0.1) is 16.0 Å². The average Bonchev–Trinajstić information content (AvgIpc) is 3.52. The normalized spacial score (nSPS) is 22.4. The highest BCUT2D eigenvalue weighted by Crippen LogP contribution is 2.33. The van der Waals surface area contributed by atoms with E-state index in [9.17, 15) is 28.4 Å². The van der Waals surface area contributed by atoms with Crippen molar-refractivity contribution in [2.24, 2.45) is 5.92 Å². The van der Waals surface area contributed by atoms with Crippen LogP contribution in [-0.2, 0) is 30.7 Å². The summed E-state index contributed by atoms with van der Waals surface area (Å²) in [4.78, 5) is 23.1. The molecule has 2 N–H and O–H groups in total. The molecule has 13 heteroatoms. The van der Waals surface area contributed by atoms with Crippen LogP contribution in [0.4, 0.5) is 10.5 Å². The Morgan fingerprint density at radius 3 is 2.51 bits per heavy atom. The van der Waals surface area contributed by atoms with E-state index >= 15 is 0 Å². The number of fused-ring (bicyclic) bond motifs is 1. The summed E-state index contributed by atoms with van der Waals surface area (Å²) in [6.07, 6.45) is -2.00. The van der Waals surface area contributed by atoms with Gasteiger partial charge in [0.2, 0.25) is 10.0 Å². The van der Waals surface area contributed by atoms with E-state index in [4.69, 9.17) is 14.2 Å². The van der Waals surface area contributed by atoms with E-state index in [-0.39, 0.29) is 36.1 Å². The maximum absolute atomic E-state index is 13.4. The molecule has 0 unspecified atom stereocenters. The minimum Gasteiger partial charge on any atom is -0.443 e. The predicted octanol–water partition coefficient (Wildman–Crippen LogP) is 2.45. The SMILES string of the molecule is CC(C)N(C[C@@H](O)[C@H](Cc1ccccc1)NC(=O)O[C@H]1CO[C@H]2OCC[C@H]21)S(=O)(=O)c1ccc([N+](=O)[O-])cc1. The van der Waals surface area contributed by atoms with Gasteiger partial charge in [0.25, 0.3) is 5.69 Å². The number of carbonyl (C=O) groups is 1. The first-order valence-corrected chi connectivity index (χ1v) is 14.2. The molecule has 0 saturated carbocycles. The van der Waals surface area contributed by atoms with E-state index in [2.05, 4.69) is 5.32 Å². The van der Waals surface area contributed by atoms with Gasteiger partial charge in [0, 0.05) is 24.7 Å². The van der Waals surface area contributed by atoms with Crippen molar-refractivity contribution < 1.29 is 37.5 Å². The van der Waals surface area contributed by atoms with Gasteiger partial charge in [0.15, 0.2) is 6.29 Å². The molecule has 12 nitrogen and oxygen atoms in total. The molecule has 0 aliphatic carbocycles. The molecule has 5 atom stereocenters. The van der Waals surface area contributed by atoms with Gasteiger partial charge in [-0.25, -0.2) is 13.2 Å². The van der Waals surface area contributed by atoms with Crippen molar-refractivity contribution in [2.75, 3.05) is 19.8 Å². The summed E-state index contributed by atoms with van der Waals surface area (Å²) >= 11 is 0. The number of nitro groups is 1. The van der Waals surface area contributed by atoms with Crippen LogP contribution in [0.15, 0.2) is 59.5 Å². The number of nitrogens with zero attached hydrogens (tertiary/aromatic N) is 2. The third kappa shape index (κ3) is 6.92. The minimum atomic E-state index is -4.12. The van der Waals surface area contributed by atoms with Crippen LogP contribution in [0.3, 0.4) is 0 Å². The highest BCUT2D eigenvalue weighted by Gasteiger charge is 2.44. The summed E-state index contributed by atoms with van der Waals surface area (Å²) in [5.41, 5.74) is 0.587. The molecule has 2 aromatic rings. The van der Waals surface area contributed by atoms with Gasteiger partial charge in [-0.1, -0.05) is 30.3 Å². The number of hydrogen-bond acceptors (Lipinski definition) is 9. The van der Waals surface area contributed by atoms with E-state index in [0.717, 1.165) is 34.1 Å². The van der Waals surface area contributed by atoms with E-state index in [0.29, 0.717) is 13.0 Å². The molecule has 0 aromatic heterocycles. The number of nitrogens with one attached hydrogen (secondary N) is 1. The fourth-order valence-corrected chi connectivity index (χ4v) is 6.45. The molecular formula is C26H33N3O9S. The maximum Gasteiger partial charge on any atom is 0.407 e. The summed E-state index contributed by atoms with van der Waals surface area (Å²) in [5, 5.41) is 25.0. The summed E-state index contributed by atoms with van der Waals surface area (Å²) in [5.74, 6) is -0.0588. The van der Waals surface area contributed by atoms with Gasteiger partial charge in [-0.05, 0) is 44.4 Å². The largest absolute Gasteiger partial charge is 0.443 e. The van der Waals surface area contributed by atoms with Crippen LogP contribution in [0.5, 0.6) is 0 Å². The summed E-state index contributed by atoms with van der Waals surface area (Å²) in [6.45, 7) is 3.72. The van der Waals surface area contributed by atoms with Gasteiger partial charge in [0.05, 0.1) is 41.1 Å². The number of aliphatic hydroxyl groups is 1. The Labute approximate surface area is 227 Å². The second kappa shape index (κ2) is 12.4. The topological polar surface area (TPSA) is 158 Å². The molecule has 39 heavy (non-hydrogen) atoms. The number of hydrogen-bond donors (Lipinski definition) is 2. The van der Waals surface area contributed by atoms with Crippen molar-refractivity contribution in [3.8, 4) is 0 Å². The Morgan fingerprint density at radius 2 is 1.87 bits per heavy atom. The van der Waals surface area contributed by atoms with Gasteiger partial charge in [-0.2, -0.15) is 4.31 Å². The molecule has 2 heterocycles. The lowest BCUT2D eigenvalue weighted by Crippen LogP contribution is -2.52. The monoisotopic (exact) mass is 563 g/mol. The van der Waals surface area contributed by atoms with Crippen LogP contribution in [0.1, 0.15) is 25.8 Å². The molecule has 212 valence electrons. The second-order valence-electron chi connectivity index (χ2n) is 9.90. The maximum atomic E-state index is 13.4. The number of sulfonamides is 1. The van der Waals surface area contributed by atoms with Gasteiger partial charge in [0.1, 0.15) is 6.10 Å². The number of non-ortho nitro benzene ring substituents is 1. The fourth-order valence-electron chi connectivity index (χ4n) is 4.79. The van der Waals surface area contributed by atoms with E-state index < -0.39 is 51.6 Å². The number of amides is 1. The van der Waals surface area contributed by atoms with Crippen molar-refractivity contribution in [2.45, 2.75) is 62.2 Å². The highest BCUT2D eigenvalue weighted by molar-refractivity contribution is 7.89. The molecule has 0 radical (unpaired) electrons. The zero-order valence-electron chi connectivity index (χ0n) is 21.7. The third-order valence-corrected chi connectivity index (χ3v) is 8.96. The van der Waals surface area contributed by atoms with Gasteiger partial charge in [-0.3, -0.25) is 10.1 Å². The number of ether oxygens (including phenoxy) is 3. The zero-order valence-corrected chi connectivity index (χ0v) is 22.5. The van der Waals surface area contributed by atoms with E-state index in [1.807, 2.05) is 30.3 Å². The Balaban J connectivity index is 1.50. The van der Waals surface area contributed by atoms with Crippen molar-refractivity contribution in [3.63, 3.8) is 0 Å². The van der Waals surface area contributed by atoms with Gasteiger partial charge >= 0.3 is 6.09 Å². The minimum absolute atomic E-state index is 0.0588. The summed E-state index contributed by atoms with van der Waals surface area (Å²) < 4.78 is 44.6. The Bertz CT molecular complexity index is 1240. The fraction of sp³-hybridized carbons (Fsp3) is 0.500.